The molecule has 0 heterocycles. The van der Waals surface area contributed by atoms with Crippen molar-refractivity contribution in [2.24, 2.45) is 0 Å². The van der Waals surface area contributed by atoms with E-state index in [9.17, 15) is 0 Å². The molecule has 0 bridgehead atoms. The van der Waals surface area contributed by atoms with Crippen molar-refractivity contribution in [1.82, 2.24) is 0 Å². The van der Waals surface area contributed by atoms with Gasteiger partial charge in [-0.05, 0) is 12.0 Å². The highest BCUT2D eigenvalue weighted by Gasteiger charge is 2.23. The van der Waals surface area contributed by atoms with E-state index in [1.165, 1.54) is 37.7 Å². The van der Waals surface area contributed by atoms with Gasteiger partial charge in [0.2, 0.25) is 0 Å². The number of unbranched alkanes of at least 4 members (excludes halogenated alkanes) is 4. The van der Waals surface area contributed by atoms with Gasteiger partial charge in [-0.25, -0.2) is 0 Å². The van der Waals surface area contributed by atoms with Crippen LogP contribution >= 0.6 is 31.9 Å². The molecule has 0 aliphatic heterocycles. The van der Waals surface area contributed by atoms with E-state index in [1.807, 2.05) is 0 Å². The maximum atomic E-state index is 3.78. The minimum atomic E-state index is -0.0343. The normalized spacial score (nSPS) is 11.7. The molecular weight excluding hydrogens is 328 g/mol. The largest absolute Gasteiger partial charge is 0.105 e. The molecule has 1 aromatic carbocycles. The SMILES string of the molecule is CCCCCCCC(Br)(Br)c1ccccc1. The van der Waals surface area contributed by atoms with E-state index in [0.717, 1.165) is 6.42 Å². The first kappa shape index (κ1) is 14.2. The van der Waals surface area contributed by atoms with Gasteiger partial charge in [-0.1, -0.05) is 101 Å². The van der Waals surface area contributed by atoms with Gasteiger partial charge < -0.3 is 0 Å². The third kappa shape index (κ3) is 5.01. The summed E-state index contributed by atoms with van der Waals surface area (Å²) in [6.45, 7) is 2.25. The third-order valence-electron chi connectivity index (χ3n) is 2.79. The van der Waals surface area contributed by atoms with Crippen molar-refractivity contribution in [3.63, 3.8) is 0 Å². The lowest BCUT2D eigenvalue weighted by Crippen LogP contribution is -2.08. The number of alkyl halides is 2. The van der Waals surface area contributed by atoms with Crippen LogP contribution in [0.15, 0.2) is 30.3 Å². The molecule has 0 amide bonds. The second-order valence-corrected chi connectivity index (χ2v) is 8.01. The second-order valence-electron chi connectivity index (χ2n) is 4.23. The molecule has 0 spiro atoms. The topological polar surface area (TPSA) is 0 Å². The fraction of sp³-hybridized carbons (Fsp3) is 0.571. The first-order valence-electron chi connectivity index (χ1n) is 6.10. The Morgan fingerprint density at radius 1 is 0.938 bits per heavy atom. The van der Waals surface area contributed by atoms with Crippen molar-refractivity contribution in [3.05, 3.63) is 35.9 Å². The van der Waals surface area contributed by atoms with Gasteiger partial charge in [0.15, 0.2) is 0 Å². The lowest BCUT2D eigenvalue weighted by molar-refractivity contribution is 0.597. The molecule has 90 valence electrons. The second kappa shape index (κ2) is 7.50. The molecule has 0 N–H and O–H groups in total. The summed E-state index contributed by atoms with van der Waals surface area (Å²) in [6, 6.07) is 10.6. The summed E-state index contributed by atoms with van der Waals surface area (Å²) in [5.74, 6) is 0. The van der Waals surface area contributed by atoms with Crippen LogP contribution in [0.3, 0.4) is 0 Å². The summed E-state index contributed by atoms with van der Waals surface area (Å²) >= 11 is 7.55. The smallest absolute Gasteiger partial charge is 0.0674 e. The van der Waals surface area contributed by atoms with Gasteiger partial charge in [0, 0.05) is 0 Å². The molecule has 0 fully saturated rings. The zero-order valence-corrected chi connectivity index (χ0v) is 13.1. The summed E-state index contributed by atoms with van der Waals surface area (Å²) < 4.78 is -0.0343. The lowest BCUT2D eigenvalue weighted by atomic mass is 10.0. The highest BCUT2D eigenvalue weighted by atomic mass is 79.9. The molecule has 1 rings (SSSR count). The predicted octanol–water partition coefficient (Wildman–Crippen LogP) is 5.99. The van der Waals surface area contributed by atoms with Crippen LogP contribution in [0.2, 0.25) is 0 Å². The standard InChI is InChI=1S/C14H20Br2/c1-2-3-4-5-9-12-14(15,16)13-10-7-6-8-11-13/h6-8,10-11H,2-5,9,12H2,1H3. The van der Waals surface area contributed by atoms with Crippen LogP contribution < -0.4 is 0 Å². The Labute approximate surface area is 116 Å². The number of halogens is 2. The summed E-state index contributed by atoms with van der Waals surface area (Å²) in [5, 5.41) is 0. The molecule has 16 heavy (non-hydrogen) atoms. The van der Waals surface area contributed by atoms with E-state index in [0.29, 0.717) is 0 Å². The molecule has 0 atom stereocenters. The first-order chi connectivity index (χ1) is 7.67. The van der Waals surface area contributed by atoms with Crippen LogP contribution in [-0.2, 0) is 3.23 Å². The summed E-state index contributed by atoms with van der Waals surface area (Å²) in [4.78, 5) is 0. The van der Waals surface area contributed by atoms with Crippen LogP contribution in [-0.4, -0.2) is 0 Å². The summed E-state index contributed by atoms with van der Waals surface area (Å²) in [6.07, 6.45) is 7.78. The molecule has 0 radical (unpaired) electrons. The Morgan fingerprint density at radius 3 is 2.19 bits per heavy atom. The number of hydrogen-bond donors (Lipinski definition) is 0. The van der Waals surface area contributed by atoms with Gasteiger partial charge in [-0.3, -0.25) is 0 Å². The van der Waals surface area contributed by atoms with Crippen molar-refractivity contribution in [1.29, 1.82) is 0 Å². The van der Waals surface area contributed by atoms with Crippen molar-refractivity contribution < 1.29 is 0 Å². The zero-order valence-electron chi connectivity index (χ0n) is 9.89. The highest BCUT2D eigenvalue weighted by Crippen LogP contribution is 2.42. The van der Waals surface area contributed by atoms with Gasteiger partial charge in [-0.2, -0.15) is 0 Å². The van der Waals surface area contributed by atoms with E-state index >= 15 is 0 Å². The minimum absolute atomic E-state index is 0.0343. The zero-order chi connectivity index (χ0) is 11.9. The van der Waals surface area contributed by atoms with Crippen molar-refractivity contribution in [2.45, 2.75) is 48.7 Å². The van der Waals surface area contributed by atoms with Gasteiger partial charge >= 0.3 is 0 Å². The molecule has 0 unspecified atom stereocenters. The van der Waals surface area contributed by atoms with E-state index in [4.69, 9.17) is 0 Å². The molecule has 0 nitrogen and oxygen atoms in total. The number of benzene rings is 1. The molecule has 1 aromatic rings. The Bertz CT molecular complexity index is 280. The predicted molar refractivity (Wildman–Crippen MR) is 79.4 cm³/mol. The highest BCUT2D eigenvalue weighted by molar-refractivity contribution is 9.24. The van der Waals surface area contributed by atoms with Gasteiger partial charge in [-0.15, -0.1) is 0 Å². The van der Waals surface area contributed by atoms with Crippen molar-refractivity contribution in [2.75, 3.05) is 0 Å². The number of hydrogen-bond acceptors (Lipinski definition) is 0. The molecule has 2 heteroatoms. The Kier molecular flexibility index (Phi) is 6.67. The van der Waals surface area contributed by atoms with Crippen LogP contribution in [0.4, 0.5) is 0 Å². The van der Waals surface area contributed by atoms with Gasteiger partial charge in [0.05, 0.1) is 0 Å². The minimum Gasteiger partial charge on any atom is -0.0674 e. The van der Waals surface area contributed by atoms with Crippen LogP contribution in [0, 0.1) is 0 Å². The quantitative estimate of drug-likeness (QED) is 0.419. The fourth-order valence-corrected chi connectivity index (χ4v) is 2.87. The van der Waals surface area contributed by atoms with Crippen molar-refractivity contribution >= 4 is 31.9 Å². The van der Waals surface area contributed by atoms with Crippen molar-refractivity contribution in [3.8, 4) is 0 Å². The maximum absolute atomic E-state index is 3.78. The van der Waals surface area contributed by atoms with Gasteiger partial charge in [0.1, 0.15) is 3.23 Å². The molecular formula is C14H20Br2. The molecule has 0 saturated carbocycles. The van der Waals surface area contributed by atoms with E-state index in [1.54, 1.807) is 0 Å². The molecule has 0 aliphatic carbocycles. The maximum Gasteiger partial charge on any atom is 0.105 e. The average Bonchev–Trinajstić information content (AvgIpc) is 2.30. The first-order valence-corrected chi connectivity index (χ1v) is 7.69. The molecule has 0 aromatic heterocycles. The Hall–Kier alpha value is 0.180. The monoisotopic (exact) mass is 346 g/mol. The van der Waals surface area contributed by atoms with Crippen LogP contribution in [0.5, 0.6) is 0 Å². The van der Waals surface area contributed by atoms with E-state index in [2.05, 4.69) is 69.1 Å². The molecule has 0 saturated heterocycles. The Morgan fingerprint density at radius 2 is 1.56 bits per heavy atom. The van der Waals surface area contributed by atoms with E-state index < -0.39 is 0 Å². The van der Waals surface area contributed by atoms with Crippen LogP contribution in [0.25, 0.3) is 0 Å². The average molecular weight is 348 g/mol. The van der Waals surface area contributed by atoms with Crippen LogP contribution in [0.1, 0.15) is 51.0 Å². The fourth-order valence-electron chi connectivity index (χ4n) is 1.78. The third-order valence-corrected chi connectivity index (χ3v) is 4.50. The number of rotatable bonds is 7. The lowest BCUT2D eigenvalue weighted by Gasteiger charge is -2.20. The van der Waals surface area contributed by atoms with Gasteiger partial charge in [0.25, 0.3) is 0 Å². The van der Waals surface area contributed by atoms with E-state index in [-0.39, 0.29) is 3.23 Å². The summed E-state index contributed by atoms with van der Waals surface area (Å²) in [5.41, 5.74) is 1.31. The Balaban J connectivity index is 2.35. The summed E-state index contributed by atoms with van der Waals surface area (Å²) in [7, 11) is 0. The molecule has 0 aliphatic rings.